The molecule has 1 atom stereocenters. The summed E-state index contributed by atoms with van der Waals surface area (Å²) in [4.78, 5) is 48.1. The fourth-order valence-electron chi connectivity index (χ4n) is 3.40. The Morgan fingerprint density at radius 3 is 2.42 bits per heavy atom. The summed E-state index contributed by atoms with van der Waals surface area (Å²) in [5.74, 6) is -1.40. The third-order valence-corrected chi connectivity index (χ3v) is 5.57. The predicted molar refractivity (Wildman–Crippen MR) is 123 cm³/mol. The Bertz CT molecular complexity index is 1200. The average Bonchev–Trinajstić information content (AvgIpc) is 3.68. The first kappa shape index (κ1) is 22.6. The molecule has 0 aliphatic heterocycles. The van der Waals surface area contributed by atoms with E-state index in [9.17, 15) is 14.4 Å². The van der Waals surface area contributed by atoms with Crippen LogP contribution in [0.3, 0.4) is 0 Å². The minimum absolute atomic E-state index is 0.0198. The van der Waals surface area contributed by atoms with E-state index in [1.54, 1.807) is 67.7 Å². The Morgan fingerprint density at radius 1 is 1.06 bits per heavy atom. The lowest BCUT2D eigenvalue weighted by Gasteiger charge is -2.18. The Morgan fingerprint density at radius 2 is 1.76 bits per heavy atom. The van der Waals surface area contributed by atoms with Gasteiger partial charge in [0.25, 0.3) is 5.91 Å². The molecule has 1 aliphatic rings. The van der Waals surface area contributed by atoms with Gasteiger partial charge in [0.2, 0.25) is 5.78 Å². The molecule has 33 heavy (non-hydrogen) atoms. The number of nitrogens with zero attached hydrogens (tertiary/aromatic N) is 2. The Hall–Kier alpha value is -3.58. The zero-order chi connectivity index (χ0) is 23.4. The highest BCUT2D eigenvalue weighted by atomic mass is 35.5. The number of ketones is 1. The molecule has 2 aromatic carbocycles. The minimum Gasteiger partial charge on any atom is -0.464 e. The number of carbonyl (C=O) groups is 3. The zero-order valence-electron chi connectivity index (χ0n) is 18.0. The maximum Gasteiger partial charge on any atom is 0.336 e. The normalized spacial score (nSPS) is 13.8. The number of aromatic nitrogens is 2. The van der Waals surface area contributed by atoms with Crippen LogP contribution < -0.4 is 5.32 Å². The first-order chi connectivity index (χ1) is 16.0. The monoisotopic (exact) mass is 463 g/mol. The van der Waals surface area contributed by atoms with Gasteiger partial charge in [0.1, 0.15) is 11.5 Å². The number of rotatable bonds is 8. The van der Waals surface area contributed by atoms with E-state index < -0.39 is 23.7 Å². The summed E-state index contributed by atoms with van der Waals surface area (Å²) in [5.41, 5.74) is 1.28. The standard InChI is InChI=1S/C25H22ClN3O4/c1-2-33-25(32)21(29-24(31)16-8-4-3-5-9-16)22(30)20-18(17-10-6-7-11-19(17)26)14-27-23(28-20)15-12-13-15/h3-11,14-15,21H,2,12-13H2,1H3,(H,29,31). The summed E-state index contributed by atoms with van der Waals surface area (Å²) >= 11 is 6.38. The SMILES string of the molecule is CCOC(=O)C(NC(=O)c1ccccc1)C(=O)c1nc(C2CC2)ncc1-c1ccccc1Cl. The topological polar surface area (TPSA) is 98.2 Å². The molecule has 0 radical (unpaired) electrons. The lowest BCUT2D eigenvalue weighted by atomic mass is 9.99. The van der Waals surface area contributed by atoms with Gasteiger partial charge < -0.3 is 10.1 Å². The summed E-state index contributed by atoms with van der Waals surface area (Å²) in [6, 6.07) is 13.8. The van der Waals surface area contributed by atoms with Crippen LogP contribution in [-0.4, -0.2) is 40.3 Å². The molecule has 1 heterocycles. The van der Waals surface area contributed by atoms with Gasteiger partial charge in [-0.25, -0.2) is 14.8 Å². The third-order valence-electron chi connectivity index (χ3n) is 5.24. The molecule has 3 aromatic rings. The fraction of sp³-hybridized carbons (Fsp3) is 0.240. The second kappa shape index (κ2) is 9.92. The number of halogens is 1. The molecule has 1 aromatic heterocycles. The molecule has 1 N–H and O–H groups in total. The average molecular weight is 464 g/mol. The van der Waals surface area contributed by atoms with Crippen molar-refractivity contribution >= 4 is 29.3 Å². The van der Waals surface area contributed by atoms with Crippen LogP contribution in [0.5, 0.6) is 0 Å². The van der Waals surface area contributed by atoms with Crippen molar-refractivity contribution in [1.29, 1.82) is 0 Å². The first-order valence-electron chi connectivity index (χ1n) is 10.7. The van der Waals surface area contributed by atoms with Gasteiger partial charge in [-0.15, -0.1) is 0 Å². The highest BCUT2D eigenvalue weighted by molar-refractivity contribution is 6.33. The van der Waals surface area contributed by atoms with Crippen molar-refractivity contribution in [3.8, 4) is 11.1 Å². The number of ether oxygens (including phenoxy) is 1. The summed E-state index contributed by atoms with van der Waals surface area (Å²) in [6.45, 7) is 1.68. The quantitative estimate of drug-likeness (QED) is 0.305. The van der Waals surface area contributed by atoms with Gasteiger partial charge in [-0.1, -0.05) is 48.0 Å². The number of hydrogen-bond donors (Lipinski definition) is 1. The fourth-order valence-corrected chi connectivity index (χ4v) is 3.63. The number of hydrogen-bond acceptors (Lipinski definition) is 6. The van der Waals surface area contributed by atoms with Crippen molar-refractivity contribution in [2.45, 2.75) is 31.7 Å². The number of benzene rings is 2. The van der Waals surface area contributed by atoms with E-state index in [4.69, 9.17) is 16.3 Å². The van der Waals surface area contributed by atoms with Gasteiger partial charge >= 0.3 is 5.97 Å². The molecule has 1 amide bonds. The van der Waals surface area contributed by atoms with Crippen LogP contribution in [0, 0.1) is 0 Å². The molecular formula is C25H22ClN3O4. The van der Waals surface area contributed by atoms with Gasteiger partial charge in [-0.05, 0) is 38.0 Å². The molecular weight excluding hydrogens is 442 g/mol. The van der Waals surface area contributed by atoms with Crippen LogP contribution in [0.1, 0.15) is 52.4 Å². The van der Waals surface area contributed by atoms with Crippen LogP contribution >= 0.6 is 11.6 Å². The predicted octanol–water partition coefficient (Wildman–Crippen LogP) is 4.22. The van der Waals surface area contributed by atoms with Crippen LogP contribution in [0.2, 0.25) is 5.02 Å². The van der Waals surface area contributed by atoms with Crippen molar-refractivity contribution in [2.75, 3.05) is 6.61 Å². The van der Waals surface area contributed by atoms with Gasteiger partial charge in [0, 0.05) is 33.8 Å². The van der Waals surface area contributed by atoms with Gasteiger partial charge in [-0.2, -0.15) is 0 Å². The summed E-state index contributed by atoms with van der Waals surface area (Å²) in [5, 5.41) is 2.93. The lowest BCUT2D eigenvalue weighted by molar-refractivity contribution is -0.144. The molecule has 0 saturated heterocycles. The van der Waals surface area contributed by atoms with Gasteiger partial charge in [0.15, 0.2) is 6.04 Å². The van der Waals surface area contributed by atoms with E-state index in [2.05, 4.69) is 15.3 Å². The number of esters is 1. The van der Waals surface area contributed by atoms with Crippen molar-refractivity contribution in [3.63, 3.8) is 0 Å². The largest absolute Gasteiger partial charge is 0.464 e. The Kier molecular flexibility index (Phi) is 6.79. The van der Waals surface area contributed by atoms with Crippen LogP contribution in [0.4, 0.5) is 0 Å². The lowest BCUT2D eigenvalue weighted by Crippen LogP contribution is -2.48. The molecule has 8 heteroatoms. The number of Topliss-reactive ketones (excluding diaryl/α,β-unsaturated/α-hetero) is 1. The van der Waals surface area contributed by atoms with E-state index in [1.165, 1.54) is 0 Å². The van der Waals surface area contributed by atoms with Crippen LogP contribution in [0.25, 0.3) is 11.1 Å². The molecule has 1 fully saturated rings. The zero-order valence-corrected chi connectivity index (χ0v) is 18.7. The second-order valence-corrected chi connectivity index (χ2v) is 8.04. The molecule has 168 valence electrons. The van der Waals surface area contributed by atoms with Crippen molar-refractivity contribution in [1.82, 2.24) is 15.3 Å². The van der Waals surface area contributed by atoms with Crippen LogP contribution in [-0.2, 0) is 9.53 Å². The maximum absolute atomic E-state index is 13.7. The summed E-state index contributed by atoms with van der Waals surface area (Å²) < 4.78 is 5.10. The molecule has 0 bridgehead atoms. The smallest absolute Gasteiger partial charge is 0.336 e. The van der Waals surface area contributed by atoms with Gasteiger partial charge in [-0.3, -0.25) is 9.59 Å². The second-order valence-electron chi connectivity index (χ2n) is 7.63. The first-order valence-corrected chi connectivity index (χ1v) is 11.1. The third kappa shape index (κ3) is 5.09. The van der Waals surface area contributed by atoms with E-state index in [1.807, 2.05) is 0 Å². The molecule has 1 saturated carbocycles. The Balaban J connectivity index is 1.76. The van der Waals surface area contributed by atoms with Gasteiger partial charge in [0.05, 0.1) is 6.61 Å². The Labute approximate surface area is 196 Å². The van der Waals surface area contributed by atoms with Crippen molar-refractivity contribution in [2.24, 2.45) is 0 Å². The van der Waals surface area contributed by atoms with E-state index in [0.29, 0.717) is 27.5 Å². The van der Waals surface area contributed by atoms with Crippen molar-refractivity contribution < 1.29 is 19.1 Å². The number of nitrogens with one attached hydrogen (secondary N) is 1. The summed E-state index contributed by atoms with van der Waals surface area (Å²) in [6.07, 6.45) is 3.42. The highest BCUT2D eigenvalue weighted by Gasteiger charge is 2.35. The molecule has 4 rings (SSSR count). The van der Waals surface area contributed by atoms with Crippen LogP contribution in [0.15, 0.2) is 60.8 Å². The molecule has 1 aliphatic carbocycles. The molecule has 0 spiro atoms. The number of amides is 1. The van der Waals surface area contributed by atoms with E-state index in [0.717, 1.165) is 12.8 Å². The molecule has 7 nitrogen and oxygen atoms in total. The minimum atomic E-state index is -1.57. The van der Waals surface area contributed by atoms with Crippen molar-refractivity contribution in [3.05, 3.63) is 82.9 Å². The highest BCUT2D eigenvalue weighted by Crippen LogP contribution is 2.39. The maximum atomic E-state index is 13.7. The number of carbonyl (C=O) groups excluding carboxylic acids is 3. The molecule has 1 unspecified atom stereocenters. The van der Waals surface area contributed by atoms with E-state index >= 15 is 0 Å². The van der Waals surface area contributed by atoms with E-state index in [-0.39, 0.29) is 18.2 Å². The summed E-state index contributed by atoms with van der Waals surface area (Å²) in [7, 11) is 0.